The van der Waals surface area contributed by atoms with E-state index in [1.807, 2.05) is 35.7 Å². The molecule has 1 amide bonds. The number of thiophene rings is 1. The van der Waals surface area contributed by atoms with Crippen molar-refractivity contribution in [3.8, 4) is 0 Å². The molecule has 106 valence electrons. The maximum atomic E-state index is 12.0. The van der Waals surface area contributed by atoms with Gasteiger partial charge in [0.15, 0.2) is 0 Å². The highest BCUT2D eigenvalue weighted by Gasteiger charge is 2.08. The predicted molar refractivity (Wildman–Crippen MR) is 88.5 cm³/mol. The van der Waals surface area contributed by atoms with Gasteiger partial charge in [0.25, 0.3) is 0 Å². The Morgan fingerprint density at radius 2 is 2.25 bits per heavy atom. The van der Waals surface area contributed by atoms with Crippen LogP contribution in [0.1, 0.15) is 18.2 Å². The van der Waals surface area contributed by atoms with Crippen molar-refractivity contribution >= 4 is 40.4 Å². The molecule has 3 N–H and O–H groups in total. The van der Waals surface area contributed by atoms with Gasteiger partial charge < -0.3 is 11.1 Å². The summed E-state index contributed by atoms with van der Waals surface area (Å²) in [6.45, 7) is 2.15. The van der Waals surface area contributed by atoms with Gasteiger partial charge in [0.1, 0.15) is 0 Å². The summed E-state index contributed by atoms with van der Waals surface area (Å²) in [4.78, 5) is 14.2. The lowest BCUT2D eigenvalue weighted by Crippen LogP contribution is -2.14. The Kier molecular flexibility index (Phi) is 5.49. The second-order valence-electron chi connectivity index (χ2n) is 4.40. The van der Waals surface area contributed by atoms with Crippen molar-refractivity contribution in [1.82, 2.24) is 0 Å². The van der Waals surface area contributed by atoms with Gasteiger partial charge in [-0.25, -0.2) is 0 Å². The van der Waals surface area contributed by atoms with Gasteiger partial charge in [0, 0.05) is 9.77 Å². The van der Waals surface area contributed by atoms with Crippen LogP contribution in [0, 0.1) is 0 Å². The second kappa shape index (κ2) is 7.36. The molecule has 20 heavy (non-hydrogen) atoms. The van der Waals surface area contributed by atoms with Crippen molar-refractivity contribution in [2.45, 2.75) is 24.7 Å². The number of hydrogen-bond acceptors (Lipinski definition) is 4. The summed E-state index contributed by atoms with van der Waals surface area (Å²) in [6, 6.07) is 9.69. The van der Waals surface area contributed by atoms with Crippen molar-refractivity contribution in [3.63, 3.8) is 0 Å². The predicted octanol–water partition coefficient (Wildman–Crippen LogP) is 4.01. The first-order valence-electron chi connectivity index (χ1n) is 6.53. The minimum absolute atomic E-state index is 0.0307. The Bertz CT molecular complexity index is 567. The highest BCUT2D eigenvalue weighted by Crippen LogP contribution is 2.27. The molecular formula is C15H18N2OS2. The first kappa shape index (κ1) is 14.9. The fourth-order valence-corrected chi connectivity index (χ4v) is 3.23. The van der Waals surface area contributed by atoms with Crippen LogP contribution in [-0.2, 0) is 11.2 Å². The summed E-state index contributed by atoms with van der Waals surface area (Å²) in [7, 11) is 0. The molecule has 0 atom stereocenters. The maximum Gasteiger partial charge on any atom is 0.229 e. The van der Waals surface area contributed by atoms with Crippen LogP contribution in [-0.4, -0.2) is 11.7 Å². The zero-order valence-electron chi connectivity index (χ0n) is 11.4. The fraction of sp³-hybridized carbons (Fsp3) is 0.267. The van der Waals surface area contributed by atoms with Crippen molar-refractivity contribution in [1.29, 1.82) is 0 Å². The van der Waals surface area contributed by atoms with Crippen LogP contribution in [0.25, 0.3) is 0 Å². The third kappa shape index (κ3) is 4.28. The lowest BCUT2D eigenvalue weighted by atomic mass is 10.2. The van der Waals surface area contributed by atoms with Gasteiger partial charge in [-0.3, -0.25) is 4.79 Å². The number of carbonyl (C=O) groups excluding carboxylic acids is 1. The van der Waals surface area contributed by atoms with E-state index in [9.17, 15) is 4.79 Å². The topological polar surface area (TPSA) is 55.1 Å². The quantitative estimate of drug-likeness (QED) is 0.626. The fourth-order valence-electron chi connectivity index (χ4n) is 1.72. The second-order valence-corrected chi connectivity index (χ2v) is 6.60. The number of amides is 1. The summed E-state index contributed by atoms with van der Waals surface area (Å²) >= 11 is 3.36. The first-order chi connectivity index (χ1) is 9.69. The lowest BCUT2D eigenvalue weighted by molar-refractivity contribution is -0.115. The van der Waals surface area contributed by atoms with Gasteiger partial charge in [-0.15, -0.1) is 23.1 Å². The van der Waals surface area contributed by atoms with Crippen LogP contribution >= 0.6 is 23.1 Å². The van der Waals surface area contributed by atoms with Gasteiger partial charge in [-0.05, 0) is 41.8 Å². The minimum atomic E-state index is -0.0307. The molecule has 0 fully saturated rings. The zero-order valence-corrected chi connectivity index (χ0v) is 13.0. The van der Waals surface area contributed by atoms with Crippen LogP contribution in [0.15, 0.2) is 40.6 Å². The molecule has 0 aliphatic rings. The standard InChI is InChI=1S/C15H18N2OS2/c1-2-7-19-12-5-6-13(16)14(9-12)17-15(18)10-11-4-3-8-20-11/h3-6,8-9H,2,7,10,16H2,1H3,(H,17,18). The Balaban J connectivity index is 2.02. The van der Waals surface area contributed by atoms with E-state index in [1.165, 1.54) is 0 Å². The number of nitrogens with two attached hydrogens (primary N) is 1. The third-order valence-electron chi connectivity index (χ3n) is 2.69. The van der Waals surface area contributed by atoms with Crippen molar-refractivity contribution in [2.75, 3.05) is 16.8 Å². The van der Waals surface area contributed by atoms with Gasteiger partial charge in [0.05, 0.1) is 17.8 Å². The summed E-state index contributed by atoms with van der Waals surface area (Å²) in [5.74, 6) is 1.03. The van der Waals surface area contributed by atoms with Gasteiger partial charge in [-0.1, -0.05) is 13.0 Å². The monoisotopic (exact) mass is 306 g/mol. The van der Waals surface area contributed by atoms with Gasteiger partial charge >= 0.3 is 0 Å². The Hall–Kier alpha value is -1.46. The van der Waals surface area contributed by atoms with Crippen molar-refractivity contribution in [2.24, 2.45) is 0 Å². The van der Waals surface area contributed by atoms with Crippen molar-refractivity contribution < 1.29 is 4.79 Å². The normalized spacial score (nSPS) is 10.4. The number of rotatable bonds is 6. The molecule has 2 aromatic rings. The summed E-state index contributed by atoms with van der Waals surface area (Å²) in [5.41, 5.74) is 7.22. The van der Waals surface area contributed by atoms with Gasteiger partial charge in [0.2, 0.25) is 5.91 Å². The molecule has 0 aliphatic heterocycles. The van der Waals surface area contributed by atoms with E-state index in [0.717, 1.165) is 21.9 Å². The molecule has 0 aliphatic carbocycles. The Morgan fingerprint density at radius 3 is 2.95 bits per heavy atom. The number of hydrogen-bond donors (Lipinski definition) is 2. The third-order valence-corrected chi connectivity index (χ3v) is 4.76. The van der Waals surface area contributed by atoms with E-state index >= 15 is 0 Å². The average Bonchev–Trinajstić information content (AvgIpc) is 2.92. The van der Waals surface area contributed by atoms with E-state index < -0.39 is 0 Å². The molecule has 2 rings (SSSR count). The molecule has 0 unspecified atom stereocenters. The molecule has 0 bridgehead atoms. The van der Waals surface area contributed by atoms with Gasteiger partial charge in [-0.2, -0.15) is 0 Å². The molecule has 3 nitrogen and oxygen atoms in total. The molecule has 5 heteroatoms. The zero-order chi connectivity index (χ0) is 14.4. The smallest absolute Gasteiger partial charge is 0.229 e. The number of anilines is 2. The van der Waals surface area contributed by atoms with Crippen LogP contribution in [0.4, 0.5) is 11.4 Å². The Labute approximate surface area is 127 Å². The summed E-state index contributed by atoms with van der Waals surface area (Å²) in [6.07, 6.45) is 1.51. The lowest BCUT2D eigenvalue weighted by Gasteiger charge is -2.10. The number of nitrogens with one attached hydrogen (secondary N) is 1. The largest absolute Gasteiger partial charge is 0.397 e. The van der Waals surface area contributed by atoms with E-state index in [0.29, 0.717) is 17.8 Å². The van der Waals surface area contributed by atoms with Crippen LogP contribution in [0.3, 0.4) is 0 Å². The molecule has 0 saturated carbocycles. The molecule has 0 radical (unpaired) electrons. The Morgan fingerprint density at radius 1 is 1.40 bits per heavy atom. The van der Waals surface area contributed by atoms with Crippen LogP contribution in [0.5, 0.6) is 0 Å². The highest BCUT2D eigenvalue weighted by atomic mass is 32.2. The summed E-state index contributed by atoms with van der Waals surface area (Å²) < 4.78 is 0. The van der Waals surface area contributed by atoms with E-state index in [2.05, 4.69) is 12.2 Å². The van der Waals surface area contributed by atoms with Crippen molar-refractivity contribution in [3.05, 3.63) is 40.6 Å². The van der Waals surface area contributed by atoms with Crippen LogP contribution < -0.4 is 11.1 Å². The molecule has 1 aromatic heterocycles. The number of carbonyl (C=O) groups is 1. The SMILES string of the molecule is CCCSc1ccc(N)c(NC(=O)Cc2cccs2)c1. The molecule has 0 saturated heterocycles. The molecule has 1 heterocycles. The molecule has 0 spiro atoms. The molecule has 1 aromatic carbocycles. The summed E-state index contributed by atoms with van der Waals surface area (Å²) in [5, 5.41) is 4.87. The maximum absolute atomic E-state index is 12.0. The van der Waals surface area contributed by atoms with E-state index in [1.54, 1.807) is 23.1 Å². The highest BCUT2D eigenvalue weighted by molar-refractivity contribution is 7.99. The van der Waals surface area contributed by atoms with E-state index in [4.69, 9.17) is 5.73 Å². The van der Waals surface area contributed by atoms with E-state index in [-0.39, 0.29) is 5.91 Å². The number of thioether (sulfide) groups is 1. The number of benzene rings is 1. The van der Waals surface area contributed by atoms with Crippen LogP contribution in [0.2, 0.25) is 0 Å². The minimum Gasteiger partial charge on any atom is -0.397 e. The first-order valence-corrected chi connectivity index (χ1v) is 8.40. The average molecular weight is 306 g/mol. The number of nitrogen functional groups attached to an aromatic ring is 1. The molecular weight excluding hydrogens is 288 g/mol.